The Labute approximate surface area is 324 Å². The Morgan fingerprint density at radius 1 is 1.11 bits per heavy atom. The predicted molar refractivity (Wildman–Crippen MR) is 207 cm³/mol. The minimum absolute atomic E-state index is 0.0196. The van der Waals surface area contributed by atoms with E-state index in [4.69, 9.17) is 33.1 Å². The second-order valence-electron chi connectivity index (χ2n) is 14.5. The molecule has 5 heterocycles. The molecule has 55 heavy (non-hydrogen) atoms. The van der Waals surface area contributed by atoms with Crippen LogP contribution in [0.4, 0.5) is 5.69 Å². The number of carbonyl (C=O) groups excluding carboxylic acids is 3. The lowest BCUT2D eigenvalue weighted by atomic mass is 9.91. The van der Waals surface area contributed by atoms with Gasteiger partial charge in [0.1, 0.15) is 28.6 Å². The molecule has 7 atom stereocenters. The van der Waals surface area contributed by atoms with Crippen LogP contribution in [0.15, 0.2) is 68.0 Å². The summed E-state index contributed by atoms with van der Waals surface area (Å²) in [6, 6.07) is 5.10. The number of aromatic nitrogens is 1. The van der Waals surface area contributed by atoms with Crippen molar-refractivity contribution >= 4 is 72.2 Å². The van der Waals surface area contributed by atoms with Crippen LogP contribution in [0.2, 0.25) is 0 Å². The van der Waals surface area contributed by atoms with Gasteiger partial charge in [0.05, 0.1) is 35.5 Å². The molecule has 4 aromatic rings. The van der Waals surface area contributed by atoms with Crippen molar-refractivity contribution in [2.24, 2.45) is 11.8 Å². The van der Waals surface area contributed by atoms with Crippen molar-refractivity contribution in [3.63, 3.8) is 0 Å². The van der Waals surface area contributed by atoms with Gasteiger partial charge in [-0.3, -0.25) is 19.2 Å². The number of benzene rings is 3. The molecule has 13 nitrogen and oxygen atoms in total. The van der Waals surface area contributed by atoms with Crippen molar-refractivity contribution in [2.75, 3.05) is 12.4 Å². The van der Waals surface area contributed by atoms with Crippen molar-refractivity contribution in [1.29, 1.82) is 0 Å². The van der Waals surface area contributed by atoms with Gasteiger partial charge >= 0.3 is 11.8 Å². The van der Waals surface area contributed by atoms with Crippen LogP contribution in [0.5, 0.6) is 11.5 Å². The highest BCUT2D eigenvalue weighted by Gasteiger charge is 2.49. The Hall–Kier alpha value is -5.05. The largest absolute Gasteiger partial charge is 0.505 e. The summed E-state index contributed by atoms with van der Waals surface area (Å²) in [6.07, 6.45) is 7.12. The highest BCUT2D eigenvalue weighted by Crippen LogP contribution is 2.48. The fourth-order valence-electron chi connectivity index (χ4n) is 7.64. The molecular weight excluding hydrogens is 776 g/mol. The van der Waals surface area contributed by atoms with Crippen molar-refractivity contribution < 1.29 is 47.6 Å². The molecule has 4 aliphatic rings. The van der Waals surface area contributed by atoms with Crippen LogP contribution < -0.4 is 15.5 Å². The molecule has 0 saturated carbocycles. The predicted octanol–water partition coefficient (Wildman–Crippen LogP) is 7.31. The first-order valence-corrected chi connectivity index (χ1v) is 18.8. The molecule has 8 rings (SSSR count). The molecule has 1 saturated heterocycles. The van der Waals surface area contributed by atoms with Crippen LogP contribution in [0.25, 0.3) is 33.0 Å². The van der Waals surface area contributed by atoms with E-state index in [2.05, 4.69) is 28.2 Å². The van der Waals surface area contributed by atoms with Gasteiger partial charge in [-0.15, -0.1) is 0 Å². The minimum atomic E-state index is -1.96. The molecule has 0 radical (unpaired) electrons. The number of halogens is 1. The zero-order valence-corrected chi connectivity index (χ0v) is 32.9. The molecule has 0 spiro atoms. The number of hydrogen-bond acceptors (Lipinski definition) is 12. The smallest absolute Gasteiger partial charge is 0.312 e. The van der Waals surface area contributed by atoms with Crippen LogP contribution >= 0.6 is 15.9 Å². The van der Waals surface area contributed by atoms with E-state index in [1.165, 1.54) is 34.1 Å². The number of Topliss-reactive ketones (excluding diaryl/α,β-unsaturated/α-hetero) is 1. The summed E-state index contributed by atoms with van der Waals surface area (Å²) >= 11 is 3.45. The Morgan fingerprint density at radius 2 is 1.87 bits per heavy atom. The molecule has 4 aliphatic heterocycles. The van der Waals surface area contributed by atoms with Crippen LogP contribution in [-0.2, 0) is 28.5 Å². The SMILES string of the molecule is CO[C@H]1/C=C/O[C@@]2(C)Oc3c(C)c(=O)c4c(O)c(c5oc6ccc(Br)cc6nc5c4c3C2=O)NC(=O)/C(C)=C\C=C\[C@H](C)[C@@H]2O[C@H](C[C@@H]2C)[C@H](OC(C)=O)C1. The molecule has 1 fully saturated rings. The topological polar surface area (TPSA) is 173 Å². The number of methoxy groups -OCH3 is 1. The fourth-order valence-corrected chi connectivity index (χ4v) is 7.99. The minimum Gasteiger partial charge on any atom is -0.505 e. The summed E-state index contributed by atoms with van der Waals surface area (Å²) in [4.78, 5) is 59.4. The first-order valence-electron chi connectivity index (χ1n) is 18.0. The molecule has 3 aromatic carbocycles. The molecule has 1 amide bonds. The molecule has 14 heteroatoms. The second-order valence-corrected chi connectivity index (χ2v) is 15.4. The first-order chi connectivity index (χ1) is 26.1. The van der Waals surface area contributed by atoms with E-state index in [0.29, 0.717) is 22.0 Å². The third-order valence-electron chi connectivity index (χ3n) is 10.5. The van der Waals surface area contributed by atoms with Crippen molar-refractivity contribution in [2.45, 2.75) is 84.6 Å². The number of nitrogens with zero attached hydrogens (tertiary/aromatic N) is 1. The van der Waals surface area contributed by atoms with E-state index in [1.54, 1.807) is 43.4 Å². The lowest BCUT2D eigenvalue weighted by Gasteiger charge is -2.27. The number of fused-ring (bicyclic) bond motifs is 9. The molecule has 7 bridgehead atoms. The van der Waals surface area contributed by atoms with Gasteiger partial charge in [-0.05, 0) is 50.5 Å². The number of allylic oxidation sites excluding steroid dienone is 2. The van der Waals surface area contributed by atoms with Crippen molar-refractivity contribution in [3.05, 3.63) is 80.2 Å². The number of hydrogen-bond donors (Lipinski definition) is 2. The third kappa shape index (κ3) is 6.80. The van der Waals surface area contributed by atoms with E-state index in [9.17, 15) is 24.3 Å². The molecule has 288 valence electrons. The number of esters is 1. The van der Waals surface area contributed by atoms with Crippen molar-refractivity contribution in [1.82, 2.24) is 4.98 Å². The number of ether oxygens (including phenoxy) is 5. The van der Waals surface area contributed by atoms with Crippen LogP contribution in [0, 0.1) is 18.8 Å². The normalized spacial score (nSPS) is 29.3. The highest BCUT2D eigenvalue weighted by molar-refractivity contribution is 9.10. The Kier molecular flexibility index (Phi) is 10.1. The van der Waals surface area contributed by atoms with Gasteiger partial charge in [-0.25, -0.2) is 4.98 Å². The van der Waals surface area contributed by atoms with Gasteiger partial charge in [0.2, 0.25) is 0 Å². The summed E-state index contributed by atoms with van der Waals surface area (Å²) in [5, 5.41) is 14.4. The van der Waals surface area contributed by atoms with Crippen LogP contribution in [0.3, 0.4) is 0 Å². The number of phenolic OH excluding ortho intramolecular Hbond substituents is 1. The number of phenols is 1. The van der Waals surface area contributed by atoms with Gasteiger partial charge in [0.15, 0.2) is 22.3 Å². The highest BCUT2D eigenvalue weighted by atomic mass is 79.9. The number of ketones is 1. The van der Waals surface area contributed by atoms with Gasteiger partial charge in [-0.1, -0.05) is 48.0 Å². The quantitative estimate of drug-likeness (QED) is 0.0896. The zero-order chi connectivity index (χ0) is 39.5. The summed E-state index contributed by atoms with van der Waals surface area (Å²) < 4.78 is 37.2. The Bertz CT molecular complexity index is 2430. The zero-order valence-electron chi connectivity index (χ0n) is 31.4. The van der Waals surface area contributed by atoms with Gasteiger partial charge in [-0.2, -0.15) is 0 Å². The number of aromatic hydroxyl groups is 1. The van der Waals surface area contributed by atoms with Gasteiger partial charge in [0.25, 0.3) is 11.7 Å². The standard InChI is InChI=1S/C41H41BrN2O11/c1-18-9-8-10-19(2)40(49)44-33-35(47)30-29(32-38(33)53-26-12-11-23(42)16-25(26)43-32)31-37(21(4)34(30)46)55-41(6,39(31)48)51-14-13-24(50-7)17-28(52-22(5)45)27-15-20(3)36(18)54-27/h8-14,16,18,20,24,27-28,36,47H,15,17H2,1-7H3,(H,44,49)/b9-8+,14-13+,19-10-/t18-,20-,24-,27+,28+,36-,41-/m0/s1. The molecular formula is C41H41BrN2O11. The second kappa shape index (κ2) is 14.5. The van der Waals surface area contributed by atoms with E-state index >= 15 is 0 Å². The lowest BCUT2D eigenvalue weighted by molar-refractivity contribution is -0.157. The number of amides is 1. The molecule has 0 aliphatic carbocycles. The monoisotopic (exact) mass is 816 g/mol. The average Bonchev–Trinajstić information content (AvgIpc) is 3.65. The fraction of sp³-hybridized carbons (Fsp3) is 0.390. The van der Waals surface area contributed by atoms with E-state index < -0.39 is 52.9 Å². The van der Waals surface area contributed by atoms with E-state index in [-0.39, 0.29) is 74.4 Å². The molecule has 1 aromatic heterocycles. The van der Waals surface area contributed by atoms with Gasteiger partial charge < -0.3 is 38.5 Å². The number of carbonyl (C=O) groups is 3. The number of nitrogens with one attached hydrogen (secondary N) is 1. The van der Waals surface area contributed by atoms with Crippen LogP contribution in [0.1, 0.15) is 63.4 Å². The maximum absolute atomic E-state index is 14.5. The van der Waals surface area contributed by atoms with Gasteiger partial charge in [0, 0.05) is 54.3 Å². The average molecular weight is 818 g/mol. The summed E-state index contributed by atoms with van der Waals surface area (Å²) in [5.74, 6) is -4.27. The Balaban J connectivity index is 1.44. The Morgan fingerprint density at radius 3 is 2.60 bits per heavy atom. The van der Waals surface area contributed by atoms with Crippen molar-refractivity contribution in [3.8, 4) is 11.5 Å². The molecule has 0 unspecified atom stereocenters. The summed E-state index contributed by atoms with van der Waals surface area (Å²) in [6.45, 7) is 9.92. The summed E-state index contributed by atoms with van der Waals surface area (Å²) in [5.41, 5.74) is 0.0859. The van der Waals surface area contributed by atoms with E-state index in [0.717, 1.165) is 0 Å². The summed E-state index contributed by atoms with van der Waals surface area (Å²) in [7, 11) is 1.50. The first kappa shape index (κ1) is 38.2. The van der Waals surface area contributed by atoms with Crippen LogP contribution in [-0.4, -0.2) is 65.1 Å². The third-order valence-corrected chi connectivity index (χ3v) is 11.0. The lowest BCUT2D eigenvalue weighted by Crippen LogP contribution is -2.38. The number of anilines is 1. The maximum atomic E-state index is 14.5. The number of rotatable bonds is 2. The maximum Gasteiger partial charge on any atom is 0.312 e. The van der Waals surface area contributed by atoms with E-state index in [1.807, 2.05) is 13.0 Å². The molecule has 2 N–H and O–H groups in total.